The highest BCUT2D eigenvalue weighted by atomic mass is 35.5. The minimum absolute atomic E-state index is 0.182. The van der Waals surface area contributed by atoms with E-state index in [0.717, 1.165) is 16.9 Å². The molecule has 2 rings (SSSR count). The molecule has 5 heteroatoms. The molecule has 0 spiro atoms. The van der Waals surface area contributed by atoms with E-state index in [1.54, 1.807) is 19.1 Å². The van der Waals surface area contributed by atoms with Gasteiger partial charge in [-0.15, -0.1) is 0 Å². The fourth-order valence-corrected chi connectivity index (χ4v) is 2.33. The monoisotopic (exact) mass is 347 g/mol. The minimum Gasteiger partial charge on any atom is -0.490 e. The first-order valence-electron chi connectivity index (χ1n) is 7.87. The van der Waals surface area contributed by atoms with Crippen molar-refractivity contribution in [2.75, 3.05) is 13.2 Å². The van der Waals surface area contributed by atoms with Gasteiger partial charge in [-0.2, -0.15) is 0 Å². The first-order chi connectivity index (χ1) is 11.5. The fourth-order valence-electron chi connectivity index (χ4n) is 2.14. The van der Waals surface area contributed by atoms with Crippen LogP contribution >= 0.6 is 11.6 Å². The van der Waals surface area contributed by atoms with Crippen molar-refractivity contribution in [1.29, 1.82) is 0 Å². The van der Waals surface area contributed by atoms with Gasteiger partial charge in [-0.25, -0.2) is 0 Å². The van der Waals surface area contributed by atoms with Crippen LogP contribution in [-0.4, -0.2) is 25.2 Å². The van der Waals surface area contributed by atoms with E-state index in [-0.39, 0.29) is 5.91 Å². The number of nitrogens with one attached hydrogen (secondary N) is 1. The lowest BCUT2D eigenvalue weighted by molar-refractivity contribution is -0.127. The molecule has 0 radical (unpaired) electrons. The molecule has 0 bridgehead atoms. The molecule has 24 heavy (non-hydrogen) atoms. The van der Waals surface area contributed by atoms with Gasteiger partial charge in [0.15, 0.2) is 6.10 Å². The molecule has 1 atom stereocenters. The molecule has 0 aromatic heterocycles. The van der Waals surface area contributed by atoms with Gasteiger partial charge in [0, 0.05) is 0 Å². The molecule has 1 N–H and O–H groups in total. The third-order valence-electron chi connectivity index (χ3n) is 3.72. The third-order valence-corrected chi connectivity index (χ3v) is 4.04. The van der Waals surface area contributed by atoms with Crippen LogP contribution in [0.1, 0.15) is 18.1 Å². The van der Waals surface area contributed by atoms with E-state index in [0.29, 0.717) is 23.9 Å². The SMILES string of the molecule is Cc1cccc(O[C@@H](C)C(=O)NCCOc2ccccc2Cl)c1C. The number of benzene rings is 2. The van der Waals surface area contributed by atoms with Crippen LogP contribution in [0.25, 0.3) is 0 Å². The van der Waals surface area contributed by atoms with Gasteiger partial charge in [0.25, 0.3) is 5.91 Å². The van der Waals surface area contributed by atoms with Gasteiger partial charge in [0.2, 0.25) is 0 Å². The largest absolute Gasteiger partial charge is 0.490 e. The Bertz CT molecular complexity index is 703. The number of hydrogen-bond donors (Lipinski definition) is 1. The molecular weight excluding hydrogens is 326 g/mol. The number of para-hydroxylation sites is 1. The third kappa shape index (κ3) is 4.90. The summed E-state index contributed by atoms with van der Waals surface area (Å²) < 4.78 is 11.3. The molecule has 0 aliphatic rings. The standard InChI is InChI=1S/C19H22ClNO3/c1-13-7-6-10-17(14(13)2)24-15(3)19(22)21-11-12-23-18-9-5-4-8-16(18)20/h4-10,15H,11-12H2,1-3H3,(H,21,22)/t15-/m0/s1. The van der Waals surface area contributed by atoms with Crippen molar-refractivity contribution < 1.29 is 14.3 Å². The van der Waals surface area contributed by atoms with Crippen LogP contribution in [0.2, 0.25) is 5.02 Å². The first kappa shape index (κ1) is 18.1. The Morgan fingerprint density at radius 1 is 1.12 bits per heavy atom. The first-order valence-corrected chi connectivity index (χ1v) is 8.24. The van der Waals surface area contributed by atoms with E-state index < -0.39 is 6.10 Å². The average Bonchev–Trinajstić information content (AvgIpc) is 2.57. The Balaban J connectivity index is 1.78. The molecule has 0 fully saturated rings. The van der Waals surface area contributed by atoms with Gasteiger partial charge in [-0.1, -0.05) is 35.9 Å². The van der Waals surface area contributed by atoms with Crippen molar-refractivity contribution in [2.24, 2.45) is 0 Å². The second kappa shape index (κ2) is 8.60. The van der Waals surface area contributed by atoms with E-state index in [9.17, 15) is 4.79 Å². The Kier molecular flexibility index (Phi) is 6.50. The van der Waals surface area contributed by atoms with Gasteiger partial charge in [-0.3, -0.25) is 4.79 Å². The van der Waals surface area contributed by atoms with Crippen LogP contribution in [0.5, 0.6) is 11.5 Å². The molecule has 1 amide bonds. The Morgan fingerprint density at radius 2 is 1.83 bits per heavy atom. The van der Waals surface area contributed by atoms with Crippen molar-refractivity contribution in [3.05, 3.63) is 58.6 Å². The molecule has 0 unspecified atom stereocenters. The number of amides is 1. The van der Waals surface area contributed by atoms with E-state index in [2.05, 4.69) is 5.32 Å². The molecule has 0 heterocycles. The lowest BCUT2D eigenvalue weighted by Crippen LogP contribution is -2.38. The zero-order chi connectivity index (χ0) is 17.5. The molecule has 128 valence electrons. The number of halogens is 1. The number of carbonyl (C=O) groups excluding carboxylic acids is 1. The summed E-state index contributed by atoms with van der Waals surface area (Å²) in [4.78, 5) is 12.1. The second-order valence-corrected chi connectivity index (χ2v) is 5.94. The van der Waals surface area contributed by atoms with Gasteiger partial charge < -0.3 is 14.8 Å². The zero-order valence-electron chi connectivity index (χ0n) is 14.1. The lowest BCUT2D eigenvalue weighted by atomic mass is 10.1. The zero-order valence-corrected chi connectivity index (χ0v) is 14.9. The smallest absolute Gasteiger partial charge is 0.260 e. The second-order valence-electron chi connectivity index (χ2n) is 5.53. The minimum atomic E-state index is -0.578. The maximum Gasteiger partial charge on any atom is 0.260 e. The summed E-state index contributed by atoms with van der Waals surface area (Å²) in [5, 5.41) is 3.35. The highest BCUT2D eigenvalue weighted by Gasteiger charge is 2.15. The van der Waals surface area contributed by atoms with Crippen molar-refractivity contribution in [2.45, 2.75) is 26.9 Å². The van der Waals surface area contributed by atoms with Crippen molar-refractivity contribution >= 4 is 17.5 Å². The number of aryl methyl sites for hydroxylation is 1. The summed E-state index contributed by atoms with van der Waals surface area (Å²) >= 11 is 6.00. The van der Waals surface area contributed by atoms with Crippen LogP contribution in [0, 0.1) is 13.8 Å². The Morgan fingerprint density at radius 3 is 2.58 bits per heavy atom. The highest BCUT2D eigenvalue weighted by molar-refractivity contribution is 6.32. The average molecular weight is 348 g/mol. The van der Waals surface area contributed by atoms with Crippen molar-refractivity contribution in [1.82, 2.24) is 5.32 Å². The summed E-state index contributed by atoms with van der Waals surface area (Å²) in [5.74, 6) is 1.15. The van der Waals surface area contributed by atoms with Crippen molar-refractivity contribution in [3.8, 4) is 11.5 Å². The topological polar surface area (TPSA) is 47.6 Å². The molecule has 2 aromatic carbocycles. The predicted molar refractivity (Wildman–Crippen MR) is 96.0 cm³/mol. The maximum absolute atomic E-state index is 12.1. The van der Waals surface area contributed by atoms with Crippen LogP contribution in [0.3, 0.4) is 0 Å². The molecule has 0 saturated carbocycles. The predicted octanol–water partition coefficient (Wildman–Crippen LogP) is 3.92. The molecule has 4 nitrogen and oxygen atoms in total. The van der Waals surface area contributed by atoms with Gasteiger partial charge in [0.1, 0.15) is 18.1 Å². The summed E-state index contributed by atoms with van der Waals surface area (Å²) in [5.41, 5.74) is 2.17. The quantitative estimate of drug-likeness (QED) is 0.772. The normalized spacial score (nSPS) is 11.7. The fraction of sp³-hybridized carbons (Fsp3) is 0.316. The molecule has 0 aliphatic carbocycles. The highest BCUT2D eigenvalue weighted by Crippen LogP contribution is 2.23. The van der Waals surface area contributed by atoms with Crippen LogP contribution in [0.15, 0.2) is 42.5 Å². The van der Waals surface area contributed by atoms with Crippen molar-refractivity contribution in [3.63, 3.8) is 0 Å². The molecule has 0 saturated heterocycles. The number of carbonyl (C=O) groups is 1. The Labute approximate surface area is 147 Å². The molecule has 0 aliphatic heterocycles. The maximum atomic E-state index is 12.1. The summed E-state index contributed by atoms with van der Waals surface area (Å²) in [6, 6.07) is 13.0. The van der Waals surface area contributed by atoms with Gasteiger partial charge in [-0.05, 0) is 50.1 Å². The van der Waals surface area contributed by atoms with E-state index in [1.165, 1.54) is 0 Å². The number of rotatable bonds is 7. The lowest BCUT2D eigenvalue weighted by Gasteiger charge is -2.17. The number of hydrogen-bond acceptors (Lipinski definition) is 3. The summed E-state index contributed by atoms with van der Waals surface area (Å²) in [6.45, 7) is 6.44. The Hall–Kier alpha value is -2.20. The summed E-state index contributed by atoms with van der Waals surface area (Å²) in [7, 11) is 0. The molecular formula is C19H22ClNO3. The van der Waals surface area contributed by atoms with Gasteiger partial charge >= 0.3 is 0 Å². The van der Waals surface area contributed by atoms with E-state index >= 15 is 0 Å². The van der Waals surface area contributed by atoms with Crippen LogP contribution in [-0.2, 0) is 4.79 Å². The van der Waals surface area contributed by atoms with E-state index in [1.807, 2.05) is 44.2 Å². The summed E-state index contributed by atoms with van der Waals surface area (Å²) in [6.07, 6.45) is -0.578. The number of ether oxygens (including phenoxy) is 2. The van der Waals surface area contributed by atoms with Gasteiger partial charge in [0.05, 0.1) is 11.6 Å². The van der Waals surface area contributed by atoms with Crippen LogP contribution < -0.4 is 14.8 Å². The molecule has 2 aromatic rings. The van der Waals surface area contributed by atoms with E-state index in [4.69, 9.17) is 21.1 Å². The van der Waals surface area contributed by atoms with Crippen LogP contribution in [0.4, 0.5) is 0 Å².